The first-order valence-corrected chi connectivity index (χ1v) is 7.78. The number of rotatable bonds is 8. The van der Waals surface area contributed by atoms with Crippen LogP contribution in [0, 0.1) is 11.8 Å². The SMILES string of the molecule is CC(C)CNCCC(C)CCc1sccc1Cl. The van der Waals surface area contributed by atoms with Crippen LogP contribution in [0.25, 0.3) is 0 Å². The molecule has 17 heavy (non-hydrogen) atoms. The third kappa shape index (κ3) is 6.44. The maximum absolute atomic E-state index is 6.08. The summed E-state index contributed by atoms with van der Waals surface area (Å²) in [7, 11) is 0. The summed E-state index contributed by atoms with van der Waals surface area (Å²) in [4.78, 5) is 1.34. The molecule has 0 aromatic carbocycles. The first-order chi connectivity index (χ1) is 8.09. The van der Waals surface area contributed by atoms with Crippen molar-refractivity contribution in [1.82, 2.24) is 5.32 Å². The summed E-state index contributed by atoms with van der Waals surface area (Å²) < 4.78 is 0. The van der Waals surface area contributed by atoms with Gasteiger partial charge >= 0.3 is 0 Å². The van der Waals surface area contributed by atoms with Crippen LogP contribution >= 0.6 is 22.9 Å². The molecule has 0 saturated heterocycles. The zero-order valence-corrected chi connectivity index (χ0v) is 12.7. The van der Waals surface area contributed by atoms with Crippen LogP contribution < -0.4 is 5.32 Å². The van der Waals surface area contributed by atoms with Gasteiger partial charge in [-0.05, 0) is 55.6 Å². The maximum atomic E-state index is 6.08. The van der Waals surface area contributed by atoms with Gasteiger partial charge in [-0.15, -0.1) is 11.3 Å². The van der Waals surface area contributed by atoms with Gasteiger partial charge in [0.25, 0.3) is 0 Å². The Morgan fingerprint density at radius 1 is 1.29 bits per heavy atom. The highest BCUT2D eigenvalue weighted by atomic mass is 35.5. The fraction of sp³-hybridized carbons (Fsp3) is 0.714. The quantitative estimate of drug-likeness (QED) is 0.682. The molecule has 0 amide bonds. The largest absolute Gasteiger partial charge is 0.316 e. The Balaban J connectivity index is 2.09. The second-order valence-electron chi connectivity index (χ2n) is 5.22. The van der Waals surface area contributed by atoms with Crippen LogP contribution in [0.3, 0.4) is 0 Å². The highest BCUT2D eigenvalue weighted by Crippen LogP contribution is 2.25. The third-order valence-corrected chi connectivity index (χ3v) is 4.37. The molecule has 0 aliphatic heterocycles. The standard InChI is InChI=1S/C14H24ClNS/c1-11(2)10-16-8-6-12(3)4-5-14-13(15)7-9-17-14/h7,9,11-12,16H,4-6,8,10H2,1-3H3. The Labute approximate surface area is 115 Å². The van der Waals surface area contributed by atoms with E-state index in [1.54, 1.807) is 11.3 Å². The highest BCUT2D eigenvalue weighted by molar-refractivity contribution is 7.10. The van der Waals surface area contributed by atoms with Crippen LogP contribution in [-0.4, -0.2) is 13.1 Å². The summed E-state index contributed by atoms with van der Waals surface area (Å²) in [6.07, 6.45) is 3.63. The Kier molecular flexibility index (Phi) is 7.17. The molecule has 0 aliphatic carbocycles. The van der Waals surface area contributed by atoms with E-state index in [0.717, 1.165) is 36.4 Å². The first-order valence-electron chi connectivity index (χ1n) is 6.52. The predicted molar refractivity (Wildman–Crippen MR) is 79.1 cm³/mol. The Bertz CT molecular complexity index is 309. The van der Waals surface area contributed by atoms with E-state index in [1.165, 1.54) is 17.7 Å². The normalized spacial score (nSPS) is 13.2. The monoisotopic (exact) mass is 273 g/mol. The van der Waals surface area contributed by atoms with E-state index < -0.39 is 0 Å². The number of halogens is 1. The molecule has 0 aliphatic rings. The van der Waals surface area contributed by atoms with E-state index in [0.29, 0.717) is 0 Å². The average molecular weight is 274 g/mol. The Hall–Kier alpha value is -0.0500. The fourth-order valence-corrected chi connectivity index (χ4v) is 2.92. The molecule has 1 aromatic heterocycles. The molecule has 1 N–H and O–H groups in total. The molecule has 0 saturated carbocycles. The minimum Gasteiger partial charge on any atom is -0.316 e. The minimum atomic E-state index is 0.746. The van der Waals surface area contributed by atoms with Gasteiger partial charge in [0, 0.05) is 4.88 Å². The van der Waals surface area contributed by atoms with Crippen LogP contribution in [-0.2, 0) is 6.42 Å². The Morgan fingerprint density at radius 3 is 2.65 bits per heavy atom. The highest BCUT2D eigenvalue weighted by Gasteiger charge is 2.06. The zero-order valence-electron chi connectivity index (χ0n) is 11.1. The van der Waals surface area contributed by atoms with Gasteiger partial charge in [0.15, 0.2) is 0 Å². The lowest BCUT2D eigenvalue weighted by Gasteiger charge is -2.12. The van der Waals surface area contributed by atoms with Crippen molar-refractivity contribution in [2.75, 3.05) is 13.1 Å². The number of hydrogen-bond donors (Lipinski definition) is 1. The average Bonchev–Trinajstić information content (AvgIpc) is 2.67. The zero-order chi connectivity index (χ0) is 12.7. The van der Waals surface area contributed by atoms with Gasteiger partial charge in [-0.2, -0.15) is 0 Å². The van der Waals surface area contributed by atoms with Gasteiger partial charge < -0.3 is 5.32 Å². The summed E-state index contributed by atoms with van der Waals surface area (Å²) in [5.74, 6) is 1.52. The van der Waals surface area contributed by atoms with Crippen molar-refractivity contribution in [3.05, 3.63) is 21.3 Å². The molecule has 0 bridgehead atoms. The van der Waals surface area contributed by atoms with Crippen LogP contribution in [0.15, 0.2) is 11.4 Å². The summed E-state index contributed by atoms with van der Waals surface area (Å²) in [5, 5.41) is 6.52. The fourth-order valence-electron chi connectivity index (χ4n) is 1.76. The van der Waals surface area contributed by atoms with Crippen LogP contribution in [0.4, 0.5) is 0 Å². The van der Waals surface area contributed by atoms with E-state index >= 15 is 0 Å². The molecular formula is C14H24ClNS. The number of thiophene rings is 1. The lowest BCUT2D eigenvalue weighted by Crippen LogP contribution is -2.22. The topological polar surface area (TPSA) is 12.0 Å². The summed E-state index contributed by atoms with van der Waals surface area (Å²) in [6, 6.07) is 2.00. The van der Waals surface area contributed by atoms with E-state index in [1.807, 2.05) is 6.07 Å². The van der Waals surface area contributed by atoms with Crippen molar-refractivity contribution in [1.29, 1.82) is 0 Å². The van der Waals surface area contributed by atoms with E-state index in [2.05, 4.69) is 31.5 Å². The summed E-state index contributed by atoms with van der Waals surface area (Å²) in [6.45, 7) is 9.09. The van der Waals surface area contributed by atoms with Gasteiger partial charge in [-0.25, -0.2) is 0 Å². The molecule has 1 rings (SSSR count). The molecule has 1 unspecified atom stereocenters. The summed E-state index contributed by atoms with van der Waals surface area (Å²) in [5.41, 5.74) is 0. The summed E-state index contributed by atoms with van der Waals surface area (Å²) >= 11 is 7.86. The molecule has 1 nitrogen and oxygen atoms in total. The van der Waals surface area contributed by atoms with Crippen molar-refractivity contribution in [3.63, 3.8) is 0 Å². The number of hydrogen-bond acceptors (Lipinski definition) is 2. The van der Waals surface area contributed by atoms with Gasteiger partial charge in [0.1, 0.15) is 0 Å². The second kappa shape index (κ2) is 8.12. The molecule has 98 valence electrons. The van der Waals surface area contributed by atoms with Gasteiger partial charge in [-0.3, -0.25) is 0 Å². The van der Waals surface area contributed by atoms with Crippen molar-refractivity contribution >= 4 is 22.9 Å². The smallest absolute Gasteiger partial charge is 0.0544 e. The number of aryl methyl sites for hydroxylation is 1. The lowest BCUT2D eigenvalue weighted by atomic mass is 10.0. The molecule has 0 radical (unpaired) electrons. The maximum Gasteiger partial charge on any atom is 0.0544 e. The van der Waals surface area contributed by atoms with Crippen molar-refractivity contribution < 1.29 is 0 Å². The van der Waals surface area contributed by atoms with Gasteiger partial charge in [-0.1, -0.05) is 32.4 Å². The first kappa shape index (κ1) is 15.0. The molecule has 3 heteroatoms. The number of nitrogens with one attached hydrogen (secondary N) is 1. The van der Waals surface area contributed by atoms with Crippen molar-refractivity contribution in [2.24, 2.45) is 11.8 Å². The second-order valence-corrected chi connectivity index (χ2v) is 6.63. The molecular weight excluding hydrogens is 250 g/mol. The lowest BCUT2D eigenvalue weighted by molar-refractivity contribution is 0.455. The van der Waals surface area contributed by atoms with Crippen molar-refractivity contribution in [2.45, 2.75) is 40.0 Å². The van der Waals surface area contributed by atoms with Crippen molar-refractivity contribution in [3.8, 4) is 0 Å². The Morgan fingerprint density at radius 2 is 2.06 bits per heavy atom. The minimum absolute atomic E-state index is 0.746. The van der Waals surface area contributed by atoms with E-state index in [9.17, 15) is 0 Å². The molecule has 1 heterocycles. The van der Waals surface area contributed by atoms with Crippen LogP contribution in [0.2, 0.25) is 5.02 Å². The molecule has 0 spiro atoms. The van der Waals surface area contributed by atoms with Gasteiger partial charge in [0.2, 0.25) is 0 Å². The van der Waals surface area contributed by atoms with Crippen LogP contribution in [0.1, 0.15) is 38.5 Å². The predicted octanol–water partition coefficient (Wildman–Crippen LogP) is 4.61. The molecule has 1 aromatic rings. The third-order valence-electron chi connectivity index (χ3n) is 2.92. The molecule has 1 atom stereocenters. The van der Waals surface area contributed by atoms with E-state index in [4.69, 9.17) is 11.6 Å². The van der Waals surface area contributed by atoms with Gasteiger partial charge in [0.05, 0.1) is 5.02 Å². The van der Waals surface area contributed by atoms with Crippen LogP contribution in [0.5, 0.6) is 0 Å². The molecule has 0 fully saturated rings. The van der Waals surface area contributed by atoms with E-state index in [-0.39, 0.29) is 0 Å².